The van der Waals surface area contributed by atoms with Gasteiger partial charge in [0, 0.05) is 11.5 Å². The second kappa shape index (κ2) is 4.64. The summed E-state index contributed by atoms with van der Waals surface area (Å²) in [6.45, 7) is 6.42. The Kier molecular flexibility index (Phi) is 3.30. The molecular formula is C14H19NO4. The number of anilines is 1. The van der Waals surface area contributed by atoms with Crippen molar-refractivity contribution in [1.29, 1.82) is 0 Å². The van der Waals surface area contributed by atoms with E-state index in [2.05, 4.69) is 0 Å². The Bertz CT molecular complexity index is 493. The van der Waals surface area contributed by atoms with Crippen LogP contribution in [0.5, 0.6) is 11.5 Å². The van der Waals surface area contributed by atoms with E-state index in [1.54, 1.807) is 25.3 Å². The van der Waals surface area contributed by atoms with E-state index in [4.69, 9.17) is 9.47 Å². The Labute approximate surface area is 112 Å². The van der Waals surface area contributed by atoms with E-state index in [-0.39, 0.29) is 11.5 Å². The summed E-state index contributed by atoms with van der Waals surface area (Å²) in [6, 6.07) is 5.17. The first-order chi connectivity index (χ1) is 8.82. The zero-order chi connectivity index (χ0) is 14.2. The summed E-state index contributed by atoms with van der Waals surface area (Å²) in [5.74, 6) is 1.20. The Morgan fingerprint density at radius 3 is 2.68 bits per heavy atom. The lowest BCUT2D eigenvalue weighted by Crippen LogP contribution is -2.48. The van der Waals surface area contributed by atoms with Crippen molar-refractivity contribution in [1.82, 2.24) is 0 Å². The van der Waals surface area contributed by atoms with Crippen LogP contribution in [0.1, 0.15) is 20.8 Å². The van der Waals surface area contributed by atoms with Crippen LogP contribution >= 0.6 is 0 Å². The molecule has 0 saturated carbocycles. The van der Waals surface area contributed by atoms with Crippen LogP contribution < -0.4 is 14.4 Å². The topological polar surface area (TPSA) is 59.0 Å². The molecule has 1 aliphatic heterocycles. The molecule has 0 aliphatic carbocycles. The molecule has 1 aliphatic rings. The number of hydrogen-bond donors (Lipinski definition) is 1. The highest BCUT2D eigenvalue weighted by atomic mass is 16.5. The van der Waals surface area contributed by atoms with Gasteiger partial charge in [0.1, 0.15) is 17.6 Å². The molecule has 0 spiro atoms. The van der Waals surface area contributed by atoms with Gasteiger partial charge in [-0.2, -0.15) is 0 Å². The minimum Gasteiger partial charge on any atom is -0.497 e. The normalized spacial score (nSPS) is 18.5. The lowest BCUT2D eigenvalue weighted by Gasteiger charge is -2.39. The molecule has 1 heterocycles. The average molecular weight is 265 g/mol. The van der Waals surface area contributed by atoms with E-state index in [0.717, 1.165) is 0 Å². The molecule has 104 valence electrons. The number of methoxy groups -OCH3 is 1. The summed E-state index contributed by atoms with van der Waals surface area (Å²) in [7, 11) is 1.57. The third-order valence-corrected chi connectivity index (χ3v) is 3.27. The fraction of sp³-hybridized carbons (Fsp3) is 0.500. The highest BCUT2D eigenvalue weighted by Crippen LogP contribution is 2.40. The van der Waals surface area contributed by atoms with Gasteiger partial charge in [-0.3, -0.25) is 4.90 Å². The summed E-state index contributed by atoms with van der Waals surface area (Å²) in [5, 5.41) is 9.33. The molecule has 2 rings (SSSR count). The maximum absolute atomic E-state index is 11.4. The quantitative estimate of drug-likeness (QED) is 0.848. The number of ether oxygens (including phenoxy) is 2. The zero-order valence-corrected chi connectivity index (χ0v) is 11.6. The standard InChI is InChI=1S/C14H19NO4/c1-14(2,3)12-8-15(13(16)17)10-6-5-9(18-4)7-11(10)19-12/h5-7,12H,8H2,1-4H3,(H,16,17). The van der Waals surface area contributed by atoms with Gasteiger partial charge in [-0.1, -0.05) is 20.8 Å². The lowest BCUT2D eigenvalue weighted by atomic mass is 9.87. The van der Waals surface area contributed by atoms with Crippen LogP contribution in [-0.4, -0.2) is 31.0 Å². The number of carboxylic acid groups (broad SMARTS) is 1. The van der Waals surface area contributed by atoms with E-state index in [0.29, 0.717) is 23.7 Å². The number of hydrogen-bond acceptors (Lipinski definition) is 3. The number of nitrogens with zero attached hydrogens (tertiary/aromatic N) is 1. The number of carbonyl (C=O) groups is 1. The van der Waals surface area contributed by atoms with Gasteiger partial charge in [0.05, 0.1) is 19.3 Å². The number of fused-ring (bicyclic) bond motifs is 1. The van der Waals surface area contributed by atoms with Crippen molar-refractivity contribution in [2.75, 3.05) is 18.6 Å². The summed E-state index contributed by atoms with van der Waals surface area (Å²) >= 11 is 0. The first-order valence-electron chi connectivity index (χ1n) is 6.18. The molecule has 0 radical (unpaired) electrons. The number of benzene rings is 1. The van der Waals surface area contributed by atoms with Gasteiger partial charge in [-0.25, -0.2) is 4.79 Å². The second-order valence-corrected chi connectivity index (χ2v) is 5.70. The van der Waals surface area contributed by atoms with Gasteiger partial charge in [-0.15, -0.1) is 0 Å². The summed E-state index contributed by atoms with van der Waals surface area (Å²) in [6.07, 6.45) is -1.16. The van der Waals surface area contributed by atoms with Gasteiger partial charge in [0.2, 0.25) is 0 Å². The average Bonchev–Trinajstić information content (AvgIpc) is 2.35. The number of amides is 1. The van der Waals surface area contributed by atoms with E-state index in [1.807, 2.05) is 20.8 Å². The van der Waals surface area contributed by atoms with E-state index < -0.39 is 6.09 Å². The SMILES string of the molecule is COc1ccc2c(c1)OC(C(C)(C)C)CN2C(=O)O. The van der Waals surface area contributed by atoms with Crippen LogP contribution in [0.3, 0.4) is 0 Å². The first kappa shape index (κ1) is 13.5. The smallest absolute Gasteiger partial charge is 0.412 e. The van der Waals surface area contributed by atoms with Gasteiger partial charge in [-0.05, 0) is 12.1 Å². The van der Waals surface area contributed by atoms with Crippen LogP contribution in [0, 0.1) is 5.41 Å². The molecule has 1 unspecified atom stereocenters. The molecule has 1 atom stereocenters. The third kappa shape index (κ3) is 2.59. The van der Waals surface area contributed by atoms with Crippen molar-refractivity contribution in [3.8, 4) is 11.5 Å². The van der Waals surface area contributed by atoms with Crippen LogP contribution in [0.15, 0.2) is 18.2 Å². The Hall–Kier alpha value is -1.91. The van der Waals surface area contributed by atoms with E-state index in [9.17, 15) is 9.90 Å². The second-order valence-electron chi connectivity index (χ2n) is 5.70. The molecule has 5 nitrogen and oxygen atoms in total. The highest BCUT2D eigenvalue weighted by Gasteiger charge is 2.36. The third-order valence-electron chi connectivity index (χ3n) is 3.27. The van der Waals surface area contributed by atoms with Crippen molar-refractivity contribution in [3.05, 3.63) is 18.2 Å². The summed E-state index contributed by atoms with van der Waals surface area (Å²) in [4.78, 5) is 12.7. The molecule has 1 amide bonds. The summed E-state index contributed by atoms with van der Waals surface area (Å²) < 4.78 is 11.1. The van der Waals surface area contributed by atoms with Crippen LogP contribution in [-0.2, 0) is 0 Å². The maximum Gasteiger partial charge on any atom is 0.412 e. The van der Waals surface area contributed by atoms with E-state index in [1.165, 1.54) is 4.90 Å². The molecule has 0 saturated heterocycles. The van der Waals surface area contributed by atoms with Crippen molar-refractivity contribution < 1.29 is 19.4 Å². The van der Waals surface area contributed by atoms with Crippen molar-refractivity contribution in [3.63, 3.8) is 0 Å². The van der Waals surface area contributed by atoms with Gasteiger partial charge < -0.3 is 14.6 Å². The largest absolute Gasteiger partial charge is 0.497 e. The monoisotopic (exact) mass is 265 g/mol. The first-order valence-corrected chi connectivity index (χ1v) is 6.18. The van der Waals surface area contributed by atoms with Crippen molar-refractivity contribution >= 4 is 11.8 Å². The molecule has 0 fully saturated rings. The van der Waals surface area contributed by atoms with Gasteiger partial charge >= 0.3 is 6.09 Å². The lowest BCUT2D eigenvalue weighted by molar-refractivity contribution is 0.0825. The fourth-order valence-corrected chi connectivity index (χ4v) is 2.03. The highest BCUT2D eigenvalue weighted by molar-refractivity contribution is 5.89. The Morgan fingerprint density at radius 2 is 2.16 bits per heavy atom. The molecule has 1 N–H and O–H groups in total. The van der Waals surface area contributed by atoms with Crippen molar-refractivity contribution in [2.45, 2.75) is 26.9 Å². The minimum atomic E-state index is -0.969. The molecular weight excluding hydrogens is 246 g/mol. The van der Waals surface area contributed by atoms with Crippen molar-refractivity contribution in [2.24, 2.45) is 5.41 Å². The van der Waals surface area contributed by atoms with Gasteiger partial charge in [0.25, 0.3) is 0 Å². The van der Waals surface area contributed by atoms with Crippen LogP contribution in [0.2, 0.25) is 0 Å². The fourth-order valence-electron chi connectivity index (χ4n) is 2.03. The Morgan fingerprint density at radius 1 is 1.47 bits per heavy atom. The zero-order valence-electron chi connectivity index (χ0n) is 11.6. The van der Waals surface area contributed by atoms with Crippen LogP contribution in [0.25, 0.3) is 0 Å². The molecule has 1 aromatic rings. The maximum atomic E-state index is 11.4. The van der Waals surface area contributed by atoms with Gasteiger partial charge in [0.15, 0.2) is 0 Å². The molecule has 5 heteroatoms. The molecule has 19 heavy (non-hydrogen) atoms. The predicted molar refractivity (Wildman–Crippen MR) is 72.2 cm³/mol. The predicted octanol–water partition coefficient (Wildman–Crippen LogP) is 2.99. The number of rotatable bonds is 1. The van der Waals surface area contributed by atoms with E-state index >= 15 is 0 Å². The molecule has 0 bridgehead atoms. The molecule has 0 aromatic heterocycles. The molecule has 1 aromatic carbocycles. The Balaban J connectivity index is 2.43. The minimum absolute atomic E-state index is 0.144. The summed E-state index contributed by atoms with van der Waals surface area (Å²) in [5.41, 5.74) is 0.419. The van der Waals surface area contributed by atoms with Crippen LogP contribution in [0.4, 0.5) is 10.5 Å².